The van der Waals surface area contributed by atoms with Gasteiger partial charge in [-0.2, -0.15) is 0 Å². The molecule has 0 aromatic carbocycles. The van der Waals surface area contributed by atoms with Gasteiger partial charge in [-0.1, -0.05) is 25.7 Å². The third-order valence-corrected chi connectivity index (χ3v) is 5.56. The molecule has 0 bridgehead atoms. The van der Waals surface area contributed by atoms with Crippen LogP contribution in [0.1, 0.15) is 63.0 Å². The van der Waals surface area contributed by atoms with Crippen LogP contribution in [0.2, 0.25) is 0 Å². The van der Waals surface area contributed by atoms with E-state index < -0.39 is 18.1 Å². The van der Waals surface area contributed by atoms with Crippen molar-refractivity contribution >= 4 is 28.3 Å². The van der Waals surface area contributed by atoms with Gasteiger partial charge in [-0.15, -0.1) is 11.3 Å². The molecule has 2 atom stereocenters. The topological polar surface area (TPSA) is 91.3 Å². The zero-order valence-electron chi connectivity index (χ0n) is 13.1. The third-order valence-electron chi connectivity index (χ3n) is 4.79. The first kappa shape index (κ1) is 16.4. The van der Waals surface area contributed by atoms with Crippen molar-refractivity contribution in [3.05, 3.63) is 11.1 Å². The van der Waals surface area contributed by atoms with E-state index in [1.807, 2.05) is 5.38 Å². The van der Waals surface area contributed by atoms with Gasteiger partial charge in [0.05, 0.1) is 11.7 Å². The number of amides is 1. The Hall–Kier alpha value is -1.47. The van der Waals surface area contributed by atoms with E-state index in [4.69, 9.17) is 5.11 Å². The molecule has 2 fully saturated rings. The lowest BCUT2D eigenvalue weighted by Gasteiger charge is -2.11. The van der Waals surface area contributed by atoms with Crippen LogP contribution in [0.4, 0.5) is 5.13 Å². The summed E-state index contributed by atoms with van der Waals surface area (Å²) in [7, 11) is 0. The standard InChI is InChI=1S/C16H23N3O3S/c20-14(11-7-8-12(17-11)15(21)22)19-16-18-13(9-23-16)10-5-3-1-2-4-6-10/h9-12,17H,1-8H2,(H,21,22)(H,18,19,20)/t11-,12+/m1/s1. The van der Waals surface area contributed by atoms with Crippen molar-refractivity contribution in [2.75, 3.05) is 5.32 Å². The second kappa shape index (κ2) is 7.40. The zero-order valence-corrected chi connectivity index (χ0v) is 13.9. The van der Waals surface area contributed by atoms with Gasteiger partial charge in [-0.05, 0) is 25.7 Å². The average Bonchev–Trinajstić information content (AvgIpc) is 3.11. The summed E-state index contributed by atoms with van der Waals surface area (Å²) in [6.07, 6.45) is 8.52. The number of hydrogen-bond acceptors (Lipinski definition) is 5. The molecule has 3 rings (SSSR count). The predicted octanol–water partition coefficient (Wildman–Crippen LogP) is 2.72. The molecule has 3 N–H and O–H groups in total. The SMILES string of the molecule is O=C(O)[C@@H]1CC[C@H](C(=O)Nc2nc(C3CCCCCC3)cs2)N1. The van der Waals surface area contributed by atoms with E-state index in [0.717, 1.165) is 5.69 Å². The maximum Gasteiger partial charge on any atom is 0.320 e. The summed E-state index contributed by atoms with van der Waals surface area (Å²) in [6.45, 7) is 0. The van der Waals surface area contributed by atoms with E-state index in [9.17, 15) is 9.59 Å². The molecule has 126 valence electrons. The number of aromatic nitrogens is 1. The van der Waals surface area contributed by atoms with E-state index in [2.05, 4.69) is 15.6 Å². The number of rotatable bonds is 4. The van der Waals surface area contributed by atoms with Crippen molar-refractivity contribution in [2.45, 2.75) is 69.4 Å². The molecule has 0 spiro atoms. The number of carbonyl (C=O) groups excluding carboxylic acids is 1. The smallest absolute Gasteiger partial charge is 0.320 e. The third kappa shape index (κ3) is 4.09. The van der Waals surface area contributed by atoms with Crippen LogP contribution in [0.3, 0.4) is 0 Å². The average molecular weight is 337 g/mol. The molecule has 1 aliphatic heterocycles. The summed E-state index contributed by atoms with van der Waals surface area (Å²) in [5.41, 5.74) is 1.09. The maximum atomic E-state index is 12.2. The van der Waals surface area contributed by atoms with Gasteiger partial charge in [0.1, 0.15) is 6.04 Å². The molecule has 1 amide bonds. The van der Waals surface area contributed by atoms with Crippen LogP contribution < -0.4 is 10.6 Å². The van der Waals surface area contributed by atoms with Crippen molar-refractivity contribution in [1.29, 1.82) is 0 Å². The van der Waals surface area contributed by atoms with Gasteiger partial charge in [0.2, 0.25) is 5.91 Å². The molecule has 1 aliphatic carbocycles. The number of nitrogens with zero attached hydrogens (tertiary/aromatic N) is 1. The van der Waals surface area contributed by atoms with Crippen LogP contribution in [-0.2, 0) is 9.59 Å². The number of aliphatic carboxylic acids is 1. The number of carbonyl (C=O) groups is 2. The molecule has 23 heavy (non-hydrogen) atoms. The highest BCUT2D eigenvalue weighted by Gasteiger charge is 2.33. The Kier molecular flexibility index (Phi) is 5.27. The molecule has 1 aromatic rings. The lowest BCUT2D eigenvalue weighted by atomic mass is 9.98. The summed E-state index contributed by atoms with van der Waals surface area (Å²) < 4.78 is 0. The lowest BCUT2D eigenvalue weighted by Crippen LogP contribution is -2.41. The van der Waals surface area contributed by atoms with E-state index in [1.165, 1.54) is 49.9 Å². The van der Waals surface area contributed by atoms with E-state index in [-0.39, 0.29) is 5.91 Å². The largest absolute Gasteiger partial charge is 0.480 e. The van der Waals surface area contributed by atoms with E-state index >= 15 is 0 Å². The number of anilines is 1. The van der Waals surface area contributed by atoms with Crippen LogP contribution in [0.5, 0.6) is 0 Å². The number of thiazole rings is 1. The number of nitrogens with one attached hydrogen (secondary N) is 2. The van der Waals surface area contributed by atoms with Crippen LogP contribution >= 0.6 is 11.3 Å². The first-order valence-electron chi connectivity index (χ1n) is 8.38. The molecule has 2 aliphatic rings. The fraction of sp³-hybridized carbons (Fsp3) is 0.688. The molecular weight excluding hydrogens is 314 g/mol. The highest BCUT2D eigenvalue weighted by atomic mass is 32.1. The van der Waals surface area contributed by atoms with Gasteiger partial charge in [0.15, 0.2) is 5.13 Å². The summed E-state index contributed by atoms with van der Waals surface area (Å²) in [4.78, 5) is 27.7. The minimum absolute atomic E-state index is 0.185. The highest BCUT2D eigenvalue weighted by molar-refractivity contribution is 7.13. The molecule has 2 heterocycles. The maximum absolute atomic E-state index is 12.2. The van der Waals surface area contributed by atoms with E-state index in [0.29, 0.717) is 23.9 Å². The van der Waals surface area contributed by atoms with Gasteiger partial charge >= 0.3 is 5.97 Å². The number of hydrogen-bond donors (Lipinski definition) is 3. The Balaban J connectivity index is 1.56. The first-order valence-corrected chi connectivity index (χ1v) is 9.26. The normalized spacial score (nSPS) is 25.9. The second-order valence-corrected chi connectivity index (χ2v) is 7.30. The zero-order chi connectivity index (χ0) is 16.2. The van der Waals surface area contributed by atoms with E-state index in [1.54, 1.807) is 0 Å². The molecule has 6 nitrogen and oxygen atoms in total. The quantitative estimate of drug-likeness (QED) is 0.735. The number of carboxylic acids is 1. The van der Waals surface area contributed by atoms with Crippen molar-refractivity contribution in [1.82, 2.24) is 10.3 Å². The van der Waals surface area contributed by atoms with Gasteiger partial charge < -0.3 is 10.4 Å². The molecular formula is C16H23N3O3S. The Bertz CT molecular complexity index is 567. The molecule has 7 heteroatoms. The molecule has 0 radical (unpaired) electrons. The molecule has 0 unspecified atom stereocenters. The van der Waals surface area contributed by atoms with Crippen molar-refractivity contribution < 1.29 is 14.7 Å². The van der Waals surface area contributed by atoms with Crippen molar-refractivity contribution in [2.24, 2.45) is 0 Å². The molecule has 1 aromatic heterocycles. The van der Waals surface area contributed by atoms with Crippen molar-refractivity contribution in [3.63, 3.8) is 0 Å². The second-order valence-electron chi connectivity index (χ2n) is 6.44. The van der Waals surface area contributed by atoms with Gasteiger partial charge in [-0.3, -0.25) is 14.9 Å². The fourth-order valence-electron chi connectivity index (χ4n) is 3.44. The first-order chi connectivity index (χ1) is 11.1. The van der Waals surface area contributed by atoms with Crippen molar-refractivity contribution in [3.8, 4) is 0 Å². The summed E-state index contributed by atoms with van der Waals surface area (Å²) in [5, 5.41) is 17.3. The summed E-state index contributed by atoms with van der Waals surface area (Å²) in [6, 6.07) is -1.06. The highest BCUT2D eigenvalue weighted by Crippen LogP contribution is 2.33. The van der Waals surface area contributed by atoms with Gasteiger partial charge in [-0.25, -0.2) is 4.98 Å². The fourth-order valence-corrected chi connectivity index (χ4v) is 4.24. The Morgan fingerprint density at radius 2 is 1.83 bits per heavy atom. The van der Waals surface area contributed by atoms with Crippen LogP contribution in [0, 0.1) is 0 Å². The Morgan fingerprint density at radius 3 is 2.48 bits per heavy atom. The Morgan fingerprint density at radius 1 is 1.13 bits per heavy atom. The summed E-state index contributed by atoms with van der Waals surface area (Å²) in [5.74, 6) is -0.568. The van der Waals surface area contributed by atoms with Gasteiger partial charge in [0.25, 0.3) is 0 Å². The minimum Gasteiger partial charge on any atom is -0.480 e. The Labute approximate surface area is 139 Å². The predicted molar refractivity (Wildman–Crippen MR) is 88.8 cm³/mol. The van der Waals surface area contributed by atoms with Crippen LogP contribution in [-0.4, -0.2) is 34.1 Å². The van der Waals surface area contributed by atoms with Crippen LogP contribution in [0.25, 0.3) is 0 Å². The summed E-state index contributed by atoms with van der Waals surface area (Å²) >= 11 is 1.46. The molecule has 1 saturated heterocycles. The lowest BCUT2D eigenvalue weighted by molar-refractivity contribution is -0.139. The number of carboxylic acid groups (broad SMARTS) is 1. The minimum atomic E-state index is -0.898. The van der Waals surface area contributed by atoms with Gasteiger partial charge in [0, 0.05) is 11.3 Å². The van der Waals surface area contributed by atoms with Crippen LogP contribution in [0.15, 0.2) is 5.38 Å². The monoisotopic (exact) mass is 337 g/mol. The molecule has 1 saturated carbocycles.